The normalized spacial score (nSPS) is 32.4. The molecule has 3 rings (SSSR count). The summed E-state index contributed by atoms with van der Waals surface area (Å²) < 4.78 is 5.51. The molecule has 1 aromatic rings. The van der Waals surface area contributed by atoms with Crippen LogP contribution in [0.2, 0.25) is 0 Å². The lowest BCUT2D eigenvalue weighted by Gasteiger charge is -2.37. The van der Waals surface area contributed by atoms with E-state index in [4.69, 9.17) is 10.5 Å². The van der Waals surface area contributed by atoms with Gasteiger partial charge in [0.05, 0.1) is 6.10 Å². The summed E-state index contributed by atoms with van der Waals surface area (Å²) in [4.78, 5) is 2.53. The molecule has 2 aliphatic rings. The van der Waals surface area contributed by atoms with E-state index < -0.39 is 0 Å². The van der Waals surface area contributed by atoms with Crippen molar-refractivity contribution in [1.29, 1.82) is 0 Å². The number of rotatable bonds is 2. The van der Waals surface area contributed by atoms with Crippen LogP contribution in [0.15, 0.2) is 24.3 Å². The monoisotopic (exact) mass is 246 g/mol. The number of nitrogens with two attached hydrogens (primary N) is 1. The number of piperidine rings is 1. The molecular formula is C15H22N2O. The van der Waals surface area contributed by atoms with Crippen LogP contribution in [0.3, 0.4) is 0 Å². The highest BCUT2D eigenvalue weighted by molar-refractivity contribution is 5.36. The molecule has 3 nitrogen and oxygen atoms in total. The zero-order valence-corrected chi connectivity index (χ0v) is 11.0. The maximum atomic E-state index is 6.43. The topological polar surface area (TPSA) is 38.5 Å². The number of hydrogen-bond donors (Lipinski definition) is 1. The van der Waals surface area contributed by atoms with Gasteiger partial charge in [-0.2, -0.15) is 0 Å². The van der Waals surface area contributed by atoms with Crippen molar-refractivity contribution in [2.75, 3.05) is 20.2 Å². The van der Waals surface area contributed by atoms with Gasteiger partial charge in [-0.15, -0.1) is 0 Å². The summed E-state index contributed by atoms with van der Waals surface area (Å²) in [6.07, 6.45) is 3.88. The Hall–Kier alpha value is -0.900. The lowest BCUT2D eigenvalue weighted by Crippen LogP contribution is -2.48. The van der Waals surface area contributed by atoms with E-state index in [-0.39, 0.29) is 6.04 Å². The predicted molar refractivity (Wildman–Crippen MR) is 72.5 cm³/mol. The smallest absolute Gasteiger partial charge is 0.0698 e. The molecule has 1 aliphatic carbocycles. The first-order valence-corrected chi connectivity index (χ1v) is 6.90. The number of methoxy groups -OCH3 is 1. The van der Waals surface area contributed by atoms with E-state index in [2.05, 4.69) is 29.2 Å². The fourth-order valence-corrected chi connectivity index (χ4v) is 3.42. The Morgan fingerprint density at radius 1 is 1.33 bits per heavy atom. The highest BCUT2D eigenvalue weighted by Crippen LogP contribution is 2.34. The lowest BCUT2D eigenvalue weighted by atomic mass is 10.0. The molecule has 0 spiro atoms. The van der Waals surface area contributed by atoms with Crippen molar-refractivity contribution in [2.24, 2.45) is 5.73 Å². The third-order valence-corrected chi connectivity index (χ3v) is 4.47. The summed E-state index contributed by atoms with van der Waals surface area (Å²) in [5.41, 5.74) is 9.19. The zero-order chi connectivity index (χ0) is 12.5. The second-order valence-corrected chi connectivity index (χ2v) is 5.49. The average molecular weight is 246 g/mol. The number of ether oxygens (including phenoxy) is 1. The first kappa shape index (κ1) is 12.2. The fraction of sp³-hybridized carbons (Fsp3) is 0.600. The van der Waals surface area contributed by atoms with Crippen LogP contribution in [-0.2, 0) is 11.2 Å². The number of fused-ring (bicyclic) bond motifs is 1. The van der Waals surface area contributed by atoms with Crippen LogP contribution in [0.1, 0.15) is 30.0 Å². The molecule has 0 bridgehead atoms. The predicted octanol–water partition coefficient (Wildman–Crippen LogP) is 1.72. The third kappa shape index (κ3) is 2.07. The lowest BCUT2D eigenvalue weighted by molar-refractivity contribution is 0.0119. The molecule has 0 aromatic heterocycles. The van der Waals surface area contributed by atoms with Crippen molar-refractivity contribution < 1.29 is 4.74 Å². The van der Waals surface area contributed by atoms with Crippen LogP contribution in [0.5, 0.6) is 0 Å². The van der Waals surface area contributed by atoms with Crippen LogP contribution < -0.4 is 5.73 Å². The Bertz CT molecular complexity index is 421. The molecule has 0 radical (unpaired) electrons. The second kappa shape index (κ2) is 5.00. The van der Waals surface area contributed by atoms with Gasteiger partial charge in [0.15, 0.2) is 0 Å². The molecule has 0 saturated carbocycles. The van der Waals surface area contributed by atoms with E-state index in [9.17, 15) is 0 Å². The van der Waals surface area contributed by atoms with Crippen molar-refractivity contribution in [3.63, 3.8) is 0 Å². The Balaban J connectivity index is 1.75. The highest BCUT2D eigenvalue weighted by Gasteiger charge is 2.35. The minimum absolute atomic E-state index is 0.164. The maximum absolute atomic E-state index is 6.43. The Morgan fingerprint density at radius 3 is 2.94 bits per heavy atom. The van der Waals surface area contributed by atoms with E-state index in [1.54, 1.807) is 0 Å². The molecule has 1 fully saturated rings. The number of likely N-dealkylation sites (tertiary alicyclic amines) is 1. The molecule has 3 atom stereocenters. The fourth-order valence-electron chi connectivity index (χ4n) is 3.42. The van der Waals surface area contributed by atoms with Crippen molar-refractivity contribution in [2.45, 2.75) is 37.5 Å². The molecule has 1 aliphatic heterocycles. The van der Waals surface area contributed by atoms with Gasteiger partial charge in [-0.25, -0.2) is 0 Å². The van der Waals surface area contributed by atoms with Crippen LogP contribution in [-0.4, -0.2) is 37.2 Å². The molecule has 0 amide bonds. The molecule has 18 heavy (non-hydrogen) atoms. The molecule has 98 valence electrons. The van der Waals surface area contributed by atoms with Gasteiger partial charge >= 0.3 is 0 Å². The van der Waals surface area contributed by atoms with Gasteiger partial charge in [0.25, 0.3) is 0 Å². The van der Waals surface area contributed by atoms with Gasteiger partial charge in [-0.1, -0.05) is 24.3 Å². The van der Waals surface area contributed by atoms with E-state index in [1.165, 1.54) is 24.0 Å². The quantitative estimate of drug-likeness (QED) is 0.863. The van der Waals surface area contributed by atoms with E-state index >= 15 is 0 Å². The van der Waals surface area contributed by atoms with Crippen LogP contribution in [0, 0.1) is 0 Å². The van der Waals surface area contributed by atoms with Gasteiger partial charge in [-0.05, 0) is 36.9 Å². The van der Waals surface area contributed by atoms with E-state index in [0.717, 1.165) is 19.5 Å². The van der Waals surface area contributed by atoms with Crippen molar-refractivity contribution in [3.05, 3.63) is 35.4 Å². The standard InChI is InChI=1S/C15H22N2O/c1-18-12-6-4-8-17(10-12)14-9-11-5-2-3-7-13(11)15(14)16/h2-3,5,7,12,14-15H,4,6,8-10,16H2,1H3. The molecular weight excluding hydrogens is 224 g/mol. The molecule has 3 unspecified atom stereocenters. The molecule has 2 N–H and O–H groups in total. The van der Waals surface area contributed by atoms with Crippen molar-refractivity contribution in [3.8, 4) is 0 Å². The minimum Gasteiger partial charge on any atom is -0.380 e. The minimum atomic E-state index is 0.164. The Morgan fingerprint density at radius 2 is 2.17 bits per heavy atom. The van der Waals surface area contributed by atoms with Gasteiger partial charge in [0.1, 0.15) is 0 Å². The molecule has 1 aromatic carbocycles. The first-order chi connectivity index (χ1) is 8.79. The largest absolute Gasteiger partial charge is 0.380 e. The van der Waals surface area contributed by atoms with Crippen molar-refractivity contribution in [1.82, 2.24) is 4.90 Å². The SMILES string of the molecule is COC1CCCN(C2Cc3ccccc3C2N)C1. The summed E-state index contributed by atoms with van der Waals surface area (Å²) in [6, 6.07) is 9.22. The Labute approximate surface area is 109 Å². The zero-order valence-electron chi connectivity index (χ0n) is 11.0. The summed E-state index contributed by atoms with van der Waals surface area (Å²) in [7, 11) is 1.82. The first-order valence-electron chi connectivity index (χ1n) is 6.90. The van der Waals surface area contributed by atoms with Crippen LogP contribution in [0.4, 0.5) is 0 Å². The molecule has 1 saturated heterocycles. The Kier molecular flexibility index (Phi) is 3.37. The number of nitrogens with zero attached hydrogens (tertiary/aromatic N) is 1. The summed E-state index contributed by atoms with van der Waals surface area (Å²) in [5.74, 6) is 0. The average Bonchev–Trinajstić information content (AvgIpc) is 2.77. The summed E-state index contributed by atoms with van der Waals surface area (Å²) in [6.45, 7) is 2.19. The van der Waals surface area contributed by atoms with Crippen LogP contribution >= 0.6 is 0 Å². The summed E-state index contributed by atoms with van der Waals surface area (Å²) in [5, 5.41) is 0. The van der Waals surface area contributed by atoms with Gasteiger partial charge in [0.2, 0.25) is 0 Å². The maximum Gasteiger partial charge on any atom is 0.0698 e. The highest BCUT2D eigenvalue weighted by atomic mass is 16.5. The van der Waals surface area contributed by atoms with Gasteiger partial charge in [-0.3, -0.25) is 4.90 Å². The summed E-state index contributed by atoms with van der Waals surface area (Å²) >= 11 is 0. The van der Waals surface area contributed by atoms with Gasteiger partial charge in [0, 0.05) is 25.7 Å². The second-order valence-electron chi connectivity index (χ2n) is 5.49. The van der Waals surface area contributed by atoms with Gasteiger partial charge < -0.3 is 10.5 Å². The third-order valence-electron chi connectivity index (χ3n) is 4.47. The van der Waals surface area contributed by atoms with Crippen LogP contribution in [0.25, 0.3) is 0 Å². The van der Waals surface area contributed by atoms with E-state index in [1.807, 2.05) is 7.11 Å². The van der Waals surface area contributed by atoms with E-state index in [0.29, 0.717) is 12.1 Å². The molecule has 3 heteroatoms. The number of benzene rings is 1. The van der Waals surface area contributed by atoms with Crippen molar-refractivity contribution >= 4 is 0 Å². The number of hydrogen-bond acceptors (Lipinski definition) is 3. The molecule has 1 heterocycles.